The Balaban J connectivity index is 1.99. The zero-order valence-electron chi connectivity index (χ0n) is 11.6. The van der Waals surface area contributed by atoms with E-state index in [9.17, 15) is 9.59 Å². The third kappa shape index (κ3) is 2.08. The first-order valence-corrected chi connectivity index (χ1v) is 8.33. The Hall–Kier alpha value is -1.11. The molecule has 3 rings (SSSR count). The van der Waals surface area contributed by atoms with Crippen LogP contribution in [0.5, 0.6) is 0 Å². The molecule has 0 aromatic heterocycles. The van der Waals surface area contributed by atoms with E-state index in [0.717, 1.165) is 5.57 Å². The molecule has 1 aromatic rings. The van der Waals surface area contributed by atoms with Crippen LogP contribution in [-0.2, 0) is 9.53 Å². The zero-order valence-corrected chi connectivity index (χ0v) is 14.0. The Morgan fingerprint density at radius 3 is 2.71 bits per heavy atom. The summed E-state index contributed by atoms with van der Waals surface area (Å²) in [5.74, 6) is 0.372. The van der Waals surface area contributed by atoms with E-state index in [-0.39, 0.29) is 17.1 Å². The number of Topliss-reactive ketones (excluding diaryl/α,β-unsaturated/α-hetero) is 1. The van der Waals surface area contributed by atoms with Crippen LogP contribution in [0.4, 0.5) is 0 Å². The smallest absolute Gasteiger partial charge is 0.274 e. The summed E-state index contributed by atoms with van der Waals surface area (Å²) in [6, 6.07) is 9.03. The van der Waals surface area contributed by atoms with Crippen LogP contribution in [-0.4, -0.2) is 39.3 Å². The lowest BCUT2D eigenvalue weighted by Gasteiger charge is -2.53. The topological polar surface area (TPSA) is 46.6 Å². The highest BCUT2D eigenvalue weighted by molar-refractivity contribution is 9.10. The SMILES string of the molecule is COC1(Br)C(=O)N2C(C(=O)c3ccccc3)=C(C)CS[C@@H]21. The zero-order chi connectivity index (χ0) is 15.2. The number of β-lactam (4-membered cyclic amide) rings is 1. The summed E-state index contributed by atoms with van der Waals surface area (Å²) < 4.78 is 4.28. The van der Waals surface area contributed by atoms with Gasteiger partial charge in [-0.2, -0.15) is 0 Å². The maximum Gasteiger partial charge on any atom is 0.274 e. The number of hydrogen-bond acceptors (Lipinski definition) is 4. The van der Waals surface area contributed by atoms with E-state index in [1.54, 1.807) is 28.8 Å². The average Bonchev–Trinajstić information content (AvgIpc) is 2.53. The van der Waals surface area contributed by atoms with E-state index in [2.05, 4.69) is 15.9 Å². The first kappa shape index (κ1) is 14.8. The molecule has 0 radical (unpaired) electrons. The summed E-state index contributed by atoms with van der Waals surface area (Å²) in [7, 11) is 1.49. The van der Waals surface area contributed by atoms with Crippen molar-refractivity contribution in [2.24, 2.45) is 0 Å². The number of thioether (sulfide) groups is 1. The molecule has 1 unspecified atom stereocenters. The summed E-state index contributed by atoms with van der Waals surface area (Å²) in [6.07, 6.45) is 0. The standard InChI is InChI=1S/C15H14BrNO3S/c1-9-8-21-14-15(16,20-2)13(19)17(14)11(9)12(18)10-6-4-3-5-7-10/h3-7,14H,8H2,1-2H3/t14-,15?/m1/s1. The molecule has 0 bridgehead atoms. The second kappa shape index (κ2) is 5.26. The molecular formula is C15H14BrNO3S. The number of alkyl halides is 1. The van der Waals surface area contributed by atoms with Gasteiger partial charge >= 0.3 is 0 Å². The Labute approximate surface area is 135 Å². The quantitative estimate of drug-likeness (QED) is 0.468. The summed E-state index contributed by atoms with van der Waals surface area (Å²) >= 11 is 4.95. The van der Waals surface area contributed by atoms with E-state index in [1.807, 2.05) is 25.1 Å². The van der Waals surface area contributed by atoms with Gasteiger partial charge in [0.05, 0.1) is 5.70 Å². The Morgan fingerprint density at radius 1 is 1.43 bits per heavy atom. The van der Waals surface area contributed by atoms with Gasteiger partial charge in [-0.05, 0) is 28.4 Å². The van der Waals surface area contributed by atoms with Crippen molar-refractivity contribution in [1.82, 2.24) is 4.90 Å². The first-order valence-electron chi connectivity index (χ1n) is 6.49. The van der Waals surface area contributed by atoms with Crippen molar-refractivity contribution in [1.29, 1.82) is 0 Å². The molecule has 2 atom stereocenters. The van der Waals surface area contributed by atoms with Crippen LogP contribution in [0.15, 0.2) is 41.6 Å². The van der Waals surface area contributed by atoms with Crippen LogP contribution < -0.4 is 0 Å². The third-order valence-electron chi connectivity index (χ3n) is 3.71. The number of ketones is 1. The molecule has 21 heavy (non-hydrogen) atoms. The van der Waals surface area contributed by atoms with Gasteiger partial charge in [-0.15, -0.1) is 11.8 Å². The molecule has 0 N–H and O–H groups in total. The minimum Gasteiger partial charge on any atom is -0.356 e. The fraction of sp³-hybridized carbons (Fsp3) is 0.333. The van der Waals surface area contributed by atoms with Crippen LogP contribution in [0.3, 0.4) is 0 Å². The lowest BCUT2D eigenvalue weighted by Crippen LogP contribution is -2.71. The van der Waals surface area contributed by atoms with Crippen molar-refractivity contribution in [3.8, 4) is 0 Å². The number of fused-ring (bicyclic) bond motifs is 1. The molecule has 1 fully saturated rings. The molecule has 2 heterocycles. The predicted octanol–water partition coefficient (Wildman–Crippen LogP) is 2.80. The number of ether oxygens (including phenoxy) is 1. The lowest BCUT2D eigenvalue weighted by molar-refractivity contribution is -0.162. The van der Waals surface area contributed by atoms with Crippen molar-refractivity contribution in [2.45, 2.75) is 16.8 Å². The van der Waals surface area contributed by atoms with Crippen molar-refractivity contribution in [2.75, 3.05) is 12.9 Å². The maximum absolute atomic E-state index is 12.7. The van der Waals surface area contributed by atoms with Gasteiger partial charge in [0, 0.05) is 18.4 Å². The van der Waals surface area contributed by atoms with Crippen LogP contribution in [0.25, 0.3) is 0 Å². The van der Waals surface area contributed by atoms with Gasteiger partial charge in [0.2, 0.25) is 10.3 Å². The summed E-state index contributed by atoms with van der Waals surface area (Å²) in [6.45, 7) is 1.90. The molecule has 0 aliphatic carbocycles. The molecule has 1 saturated heterocycles. The molecule has 1 aromatic carbocycles. The van der Waals surface area contributed by atoms with E-state index < -0.39 is 4.51 Å². The summed E-state index contributed by atoms with van der Waals surface area (Å²) in [5.41, 5.74) is 2.00. The van der Waals surface area contributed by atoms with Crippen LogP contribution >= 0.6 is 27.7 Å². The summed E-state index contributed by atoms with van der Waals surface area (Å²) in [4.78, 5) is 26.7. The van der Waals surface area contributed by atoms with Gasteiger partial charge in [0.1, 0.15) is 5.37 Å². The van der Waals surface area contributed by atoms with E-state index in [1.165, 1.54) is 7.11 Å². The number of methoxy groups -OCH3 is 1. The molecule has 2 aliphatic heterocycles. The minimum absolute atomic E-state index is 0.114. The van der Waals surface area contributed by atoms with Crippen molar-refractivity contribution < 1.29 is 14.3 Å². The number of allylic oxidation sites excluding steroid dienone is 1. The van der Waals surface area contributed by atoms with Gasteiger partial charge in [-0.3, -0.25) is 14.5 Å². The van der Waals surface area contributed by atoms with Crippen molar-refractivity contribution in [3.05, 3.63) is 47.2 Å². The lowest BCUT2D eigenvalue weighted by atomic mass is 9.99. The number of hydrogen-bond donors (Lipinski definition) is 0. The largest absolute Gasteiger partial charge is 0.356 e. The highest BCUT2D eigenvalue weighted by atomic mass is 79.9. The number of rotatable bonds is 3. The fourth-order valence-corrected chi connectivity index (χ4v) is 4.67. The Bertz CT molecular complexity index is 646. The Morgan fingerprint density at radius 2 is 2.10 bits per heavy atom. The number of carbonyl (C=O) groups excluding carboxylic acids is 2. The monoisotopic (exact) mass is 367 g/mol. The number of nitrogens with zero attached hydrogens (tertiary/aromatic N) is 1. The fourth-order valence-electron chi connectivity index (χ4n) is 2.57. The van der Waals surface area contributed by atoms with Crippen LogP contribution in [0.1, 0.15) is 17.3 Å². The number of amides is 1. The second-order valence-electron chi connectivity index (χ2n) is 5.01. The molecule has 6 heteroatoms. The predicted molar refractivity (Wildman–Crippen MR) is 85.2 cm³/mol. The van der Waals surface area contributed by atoms with Crippen LogP contribution in [0, 0.1) is 0 Å². The molecule has 110 valence electrons. The number of carbonyl (C=O) groups is 2. The molecule has 1 amide bonds. The van der Waals surface area contributed by atoms with Crippen LogP contribution in [0.2, 0.25) is 0 Å². The number of benzene rings is 1. The van der Waals surface area contributed by atoms with Gasteiger partial charge in [-0.25, -0.2) is 0 Å². The number of halogens is 1. The third-order valence-corrected chi connectivity index (χ3v) is 6.57. The molecule has 2 aliphatic rings. The van der Waals surface area contributed by atoms with Crippen molar-refractivity contribution in [3.63, 3.8) is 0 Å². The van der Waals surface area contributed by atoms with Gasteiger partial charge in [0.25, 0.3) is 5.91 Å². The summed E-state index contributed by atoms with van der Waals surface area (Å²) in [5, 5.41) is -0.207. The Kier molecular flexibility index (Phi) is 3.71. The van der Waals surface area contributed by atoms with Gasteiger partial charge in [-0.1, -0.05) is 30.3 Å². The van der Waals surface area contributed by atoms with E-state index in [0.29, 0.717) is 17.0 Å². The van der Waals surface area contributed by atoms with Gasteiger partial charge < -0.3 is 4.74 Å². The molecular weight excluding hydrogens is 354 g/mol. The van der Waals surface area contributed by atoms with E-state index in [4.69, 9.17) is 4.74 Å². The average molecular weight is 368 g/mol. The minimum atomic E-state index is -1.01. The normalized spacial score (nSPS) is 28.2. The van der Waals surface area contributed by atoms with Crippen molar-refractivity contribution >= 4 is 39.4 Å². The van der Waals surface area contributed by atoms with E-state index >= 15 is 0 Å². The molecule has 4 nitrogen and oxygen atoms in total. The second-order valence-corrected chi connectivity index (χ2v) is 7.26. The molecule has 0 saturated carbocycles. The van der Waals surface area contributed by atoms with Gasteiger partial charge in [0.15, 0.2) is 0 Å². The highest BCUT2D eigenvalue weighted by Gasteiger charge is 2.63. The first-order chi connectivity index (χ1) is 10.0. The highest BCUT2D eigenvalue weighted by Crippen LogP contribution is 2.51. The molecule has 0 spiro atoms. The maximum atomic E-state index is 12.7.